The monoisotopic (exact) mass is 332 g/mol. The molecule has 0 radical (unpaired) electrons. The minimum Gasteiger partial charge on any atom is -0.375 e. The first-order valence-electron chi connectivity index (χ1n) is 7.97. The molecular formula is C17H21FN4O2. The Bertz CT molecular complexity index is 680. The van der Waals surface area contributed by atoms with Crippen LogP contribution in [0.3, 0.4) is 0 Å². The van der Waals surface area contributed by atoms with Crippen LogP contribution in [-0.2, 0) is 16.1 Å². The van der Waals surface area contributed by atoms with Crippen molar-refractivity contribution < 1.29 is 13.9 Å². The van der Waals surface area contributed by atoms with Crippen molar-refractivity contribution in [1.82, 2.24) is 20.0 Å². The molecule has 6 nitrogen and oxygen atoms in total. The van der Waals surface area contributed by atoms with Gasteiger partial charge in [0.1, 0.15) is 5.82 Å². The fourth-order valence-corrected chi connectivity index (χ4v) is 2.64. The van der Waals surface area contributed by atoms with Crippen LogP contribution in [0.1, 0.15) is 12.0 Å². The van der Waals surface area contributed by atoms with Gasteiger partial charge in [-0.15, -0.1) is 0 Å². The fourth-order valence-electron chi connectivity index (χ4n) is 2.64. The van der Waals surface area contributed by atoms with Gasteiger partial charge in [-0.25, -0.2) is 9.07 Å². The molecule has 1 aromatic heterocycles. The molecule has 1 saturated heterocycles. The van der Waals surface area contributed by atoms with E-state index in [1.54, 1.807) is 35.0 Å². The number of nitrogens with zero attached hydrogens (tertiary/aromatic N) is 3. The summed E-state index contributed by atoms with van der Waals surface area (Å²) in [5.41, 5.74) is 1.69. The summed E-state index contributed by atoms with van der Waals surface area (Å²) in [5.74, 6) is -0.242. The summed E-state index contributed by atoms with van der Waals surface area (Å²) in [7, 11) is 1.77. The highest BCUT2D eigenvalue weighted by molar-refractivity contribution is 5.76. The second kappa shape index (κ2) is 7.55. The van der Waals surface area contributed by atoms with Crippen molar-refractivity contribution in [2.24, 2.45) is 0 Å². The Morgan fingerprint density at radius 1 is 1.46 bits per heavy atom. The van der Waals surface area contributed by atoms with Gasteiger partial charge in [0, 0.05) is 38.4 Å². The van der Waals surface area contributed by atoms with E-state index in [4.69, 9.17) is 4.74 Å². The van der Waals surface area contributed by atoms with Gasteiger partial charge in [-0.2, -0.15) is 5.10 Å². The fraction of sp³-hybridized carbons (Fsp3) is 0.412. The average molecular weight is 332 g/mol. The molecule has 7 heteroatoms. The van der Waals surface area contributed by atoms with Gasteiger partial charge in [0.05, 0.1) is 31.0 Å². The topological polar surface area (TPSA) is 59.4 Å². The molecule has 1 N–H and O–H groups in total. The number of benzene rings is 1. The van der Waals surface area contributed by atoms with E-state index in [9.17, 15) is 9.18 Å². The van der Waals surface area contributed by atoms with Gasteiger partial charge in [0.15, 0.2) is 0 Å². The number of nitrogens with one attached hydrogen (secondary N) is 1. The predicted molar refractivity (Wildman–Crippen MR) is 87.2 cm³/mol. The summed E-state index contributed by atoms with van der Waals surface area (Å²) in [6.45, 7) is 2.66. The summed E-state index contributed by atoms with van der Waals surface area (Å²) < 4.78 is 20.2. The lowest BCUT2D eigenvalue weighted by atomic mass is 10.2. The zero-order valence-corrected chi connectivity index (χ0v) is 13.6. The minimum atomic E-state index is -0.282. The van der Waals surface area contributed by atoms with Gasteiger partial charge in [-0.3, -0.25) is 4.79 Å². The molecule has 1 fully saturated rings. The van der Waals surface area contributed by atoms with Crippen LogP contribution in [0.4, 0.5) is 4.39 Å². The molecule has 128 valence electrons. The van der Waals surface area contributed by atoms with Crippen LogP contribution in [-0.4, -0.2) is 53.4 Å². The number of hydrogen-bond acceptors (Lipinski definition) is 4. The van der Waals surface area contributed by atoms with Gasteiger partial charge in [-0.1, -0.05) is 0 Å². The predicted octanol–water partition coefficient (Wildman–Crippen LogP) is 1.35. The van der Waals surface area contributed by atoms with Gasteiger partial charge in [-0.05, 0) is 24.3 Å². The van der Waals surface area contributed by atoms with Crippen LogP contribution in [0.15, 0.2) is 36.7 Å². The molecule has 1 aliphatic rings. The van der Waals surface area contributed by atoms with E-state index >= 15 is 0 Å². The third kappa shape index (κ3) is 4.18. The van der Waals surface area contributed by atoms with Gasteiger partial charge >= 0.3 is 0 Å². The van der Waals surface area contributed by atoms with Gasteiger partial charge in [0.25, 0.3) is 0 Å². The maximum atomic E-state index is 13.0. The van der Waals surface area contributed by atoms with E-state index in [0.717, 1.165) is 17.8 Å². The third-order valence-corrected chi connectivity index (χ3v) is 3.98. The molecule has 0 bridgehead atoms. The molecule has 0 saturated carbocycles. The third-order valence-electron chi connectivity index (χ3n) is 3.98. The van der Waals surface area contributed by atoms with Crippen LogP contribution in [0.2, 0.25) is 0 Å². The molecule has 1 amide bonds. The normalized spacial score (nSPS) is 17.7. The highest BCUT2D eigenvalue weighted by Crippen LogP contribution is 2.12. The van der Waals surface area contributed by atoms with Crippen molar-refractivity contribution in [2.45, 2.75) is 19.1 Å². The Morgan fingerprint density at radius 3 is 2.96 bits per heavy atom. The maximum Gasteiger partial charge on any atom is 0.225 e. The number of halogens is 1. The van der Waals surface area contributed by atoms with Crippen LogP contribution in [0.5, 0.6) is 0 Å². The number of ether oxygens (including phenoxy) is 1. The number of hydrogen-bond donors (Lipinski definition) is 1. The number of morpholine rings is 1. The number of amides is 1. The summed E-state index contributed by atoms with van der Waals surface area (Å²) in [5, 5.41) is 7.48. The highest BCUT2D eigenvalue weighted by Gasteiger charge is 2.20. The smallest absolute Gasteiger partial charge is 0.225 e. The second-order valence-electron chi connectivity index (χ2n) is 5.92. The van der Waals surface area contributed by atoms with Crippen molar-refractivity contribution >= 4 is 5.91 Å². The van der Waals surface area contributed by atoms with E-state index in [1.165, 1.54) is 12.1 Å². The average Bonchev–Trinajstić information content (AvgIpc) is 3.05. The summed E-state index contributed by atoms with van der Waals surface area (Å²) in [6, 6.07) is 6.11. The lowest BCUT2D eigenvalue weighted by molar-refractivity contribution is -0.133. The van der Waals surface area contributed by atoms with Gasteiger partial charge in [0.2, 0.25) is 5.91 Å². The van der Waals surface area contributed by atoms with Crippen LogP contribution < -0.4 is 5.32 Å². The molecule has 3 rings (SSSR count). The highest BCUT2D eigenvalue weighted by atomic mass is 19.1. The molecule has 0 unspecified atom stereocenters. The zero-order chi connectivity index (χ0) is 16.9. The first kappa shape index (κ1) is 16.6. The number of rotatable bonds is 5. The molecule has 1 aromatic carbocycles. The minimum absolute atomic E-state index is 0.0400. The van der Waals surface area contributed by atoms with E-state index in [-0.39, 0.29) is 17.8 Å². The van der Waals surface area contributed by atoms with Crippen molar-refractivity contribution in [3.63, 3.8) is 0 Å². The SMILES string of the molecule is CN(Cc1cnn(-c2ccc(F)cc2)c1)C(=O)C[C@@H]1CNCCO1. The van der Waals surface area contributed by atoms with Crippen molar-refractivity contribution in [3.8, 4) is 5.69 Å². The number of carbonyl (C=O) groups excluding carboxylic acids is 1. The molecule has 2 heterocycles. The first-order chi connectivity index (χ1) is 11.6. The van der Waals surface area contributed by atoms with E-state index in [0.29, 0.717) is 26.1 Å². The van der Waals surface area contributed by atoms with Gasteiger partial charge < -0.3 is 15.0 Å². The number of carbonyl (C=O) groups is 1. The van der Waals surface area contributed by atoms with Crippen LogP contribution in [0.25, 0.3) is 5.69 Å². The Hall–Kier alpha value is -2.25. The Balaban J connectivity index is 1.57. The molecule has 1 atom stereocenters. The molecule has 0 aliphatic carbocycles. The van der Waals surface area contributed by atoms with Crippen LogP contribution >= 0.6 is 0 Å². The Labute approximate surface area is 140 Å². The lowest BCUT2D eigenvalue weighted by Crippen LogP contribution is -2.41. The largest absolute Gasteiger partial charge is 0.375 e. The molecule has 0 spiro atoms. The van der Waals surface area contributed by atoms with E-state index < -0.39 is 0 Å². The molecule has 2 aromatic rings. The van der Waals surface area contributed by atoms with E-state index in [2.05, 4.69) is 10.4 Å². The summed E-state index contributed by atoms with van der Waals surface area (Å²) in [6.07, 6.45) is 3.87. The second-order valence-corrected chi connectivity index (χ2v) is 5.92. The van der Waals surface area contributed by atoms with Crippen molar-refractivity contribution in [2.75, 3.05) is 26.7 Å². The quantitative estimate of drug-likeness (QED) is 0.898. The van der Waals surface area contributed by atoms with E-state index in [1.807, 2.05) is 6.20 Å². The Morgan fingerprint density at radius 2 is 2.25 bits per heavy atom. The summed E-state index contributed by atoms with van der Waals surface area (Å²) >= 11 is 0. The Kier molecular flexibility index (Phi) is 5.22. The zero-order valence-electron chi connectivity index (χ0n) is 13.6. The lowest BCUT2D eigenvalue weighted by Gasteiger charge is -2.25. The van der Waals surface area contributed by atoms with Crippen molar-refractivity contribution in [1.29, 1.82) is 0 Å². The molecule has 1 aliphatic heterocycles. The van der Waals surface area contributed by atoms with Crippen LogP contribution in [0, 0.1) is 5.82 Å². The molecule has 24 heavy (non-hydrogen) atoms. The van der Waals surface area contributed by atoms with Crippen molar-refractivity contribution in [3.05, 3.63) is 48.0 Å². The maximum absolute atomic E-state index is 13.0. The first-order valence-corrected chi connectivity index (χ1v) is 7.97. The summed E-state index contributed by atoms with van der Waals surface area (Å²) in [4.78, 5) is 13.9. The standard InChI is InChI=1S/C17H21FN4O2/c1-21(17(23)8-16-10-19-6-7-24-16)11-13-9-20-22(12-13)15-4-2-14(18)3-5-15/h2-5,9,12,16,19H,6-8,10-11H2,1H3/t16-/m1/s1. The number of aromatic nitrogens is 2. The molecular weight excluding hydrogens is 311 g/mol.